The number of rotatable bonds is 7. The van der Waals surface area contributed by atoms with Crippen LogP contribution in [0.2, 0.25) is 0 Å². The Hall–Kier alpha value is -8.01. The first-order valence-electron chi connectivity index (χ1n) is 21.5. The van der Waals surface area contributed by atoms with Crippen LogP contribution in [0.5, 0.6) is 0 Å². The highest BCUT2D eigenvalue weighted by Gasteiger charge is 2.22. The molecule has 3 nitrogen and oxygen atoms in total. The zero-order chi connectivity index (χ0) is 41.0. The minimum atomic E-state index is 0.0592. The van der Waals surface area contributed by atoms with E-state index >= 15 is 0 Å². The van der Waals surface area contributed by atoms with Gasteiger partial charge in [-0.2, -0.15) is 0 Å². The van der Waals surface area contributed by atoms with Gasteiger partial charge in [0.05, 0.1) is 33.4 Å². The summed E-state index contributed by atoms with van der Waals surface area (Å²) in [5.74, 6) is 0.0592. The molecule has 0 spiro atoms. The summed E-state index contributed by atoms with van der Waals surface area (Å²) in [4.78, 5) is 5.44. The fraction of sp³-hybridized carbons (Fsp3) is 0.0339. The maximum absolute atomic E-state index is 5.44. The molecule has 0 saturated heterocycles. The minimum Gasteiger partial charge on any atom is -0.309 e. The molecule has 292 valence electrons. The summed E-state index contributed by atoms with van der Waals surface area (Å²) >= 11 is 0. The lowest BCUT2D eigenvalue weighted by molar-refractivity contribution is 0.820. The normalized spacial score (nSPS) is 13.9. The molecule has 0 radical (unpaired) electrons. The number of pyridine rings is 1. The zero-order valence-corrected chi connectivity index (χ0v) is 34.1. The third-order valence-electron chi connectivity index (χ3n) is 12.6. The first-order chi connectivity index (χ1) is 30.7. The summed E-state index contributed by atoms with van der Waals surface area (Å²) in [5.41, 5.74) is 17.3. The second-order valence-corrected chi connectivity index (χ2v) is 16.3. The van der Waals surface area contributed by atoms with Crippen LogP contribution in [0.3, 0.4) is 0 Å². The highest BCUT2D eigenvalue weighted by atomic mass is 15.0. The van der Waals surface area contributed by atoms with Crippen LogP contribution in [0.15, 0.2) is 231 Å². The lowest BCUT2D eigenvalue weighted by Crippen LogP contribution is -2.06. The van der Waals surface area contributed by atoms with Gasteiger partial charge >= 0.3 is 0 Å². The van der Waals surface area contributed by atoms with E-state index in [1.165, 1.54) is 71.4 Å². The fourth-order valence-electron chi connectivity index (χ4n) is 9.69. The average molecular weight is 792 g/mol. The Morgan fingerprint density at radius 3 is 1.47 bits per heavy atom. The molecule has 3 heterocycles. The summed E-state index contributed by atoms with van der Waals surface area (Å²) in [6.07, 6.45) is 7.98. The average Bonchev–Trinajstić information content (AvgIpc) is 3.87. The Labute approximate surface area is 360 Å². The van der Waals surface area contributed by atoms with E-state index in [-0.39, 0.29) is 5.92 Å². The van der Waals surface area contributed by atoms with Crippen LogP contribution in [0.1, 0.15) is 23.6 Å². The van der Waals surface area contributed by atoms with Crippen molar-refractivity contribution in [2.24, 2.45) is 0 Å². The van der Waals surface area contributed by atoms with Gasteiger partial charge in [0.1, 0.15) is 0 Å². The summed E-state index contributed by atoms with van der Waals surface area (Å²) in [7, 11) is 0. The highest BCUT2D eigenvalue weighted by molar-refractivity contribution is 6.11. The Morgan fingerprint density at radius 2 is 0.887 bits per heavy atom. The Balaban J connectivity index is 1.05. The van der Waals surface area contributed by atoms with Crippen molar-refractivity contribution in [3.8, 4) is 44.9 Å². The molecule has 0 bridgehead atoms. The smallest absolute Gasteiger partial charge is 0.0711 e. The molecule has 0 aliphatic heterocycles. The minimum absolute atomic E-state index is 0.0592. The van der Waals surface area contributed by atoms with Gasteiger partial charge in [-0.25, -0.2) is 0 Å². The van der Waals surface area contributed by atoms with Crippen LogP contribution in [-0.4, -0.2) is 14.1 Å². The van der Waals surface area contributed by atoms with Gasteiger partial charge in [-0.15, -0.1) is 0 Å². The Morgan fingerprint density at radius 1 is 0.403 bits per heavy atom. The van der Waals surface area contributed by atoms with Crippen LogP contribution in [0.25, 0.3) is 94.1 Å². The van der Waals surface area contributed by atoms with E-state index in [2.05, 4.69) is 240 Å². The first kappa shape index (κ1) is 35.9. The van der Waals surface area contributed by atoms with Crippen molar-refractivity contribution in [1.29, 1.82) is 0 Å². The zero-order valence-electron chi connectivity index (χ0n) is 34.1. The van der Waals surface area contributed by atoms with Crippen LogP contribution >= 0.6 is 0 Å². The van der Waals surface area contributed by atoms with Crippen LogP contribution in [-0.2, 0) is 0 Å². The molecule has 0 N–H and O–H groups in total. The third kappa shape index (κ3) is 6.09. The number of benzene rings is 8. The quantitative estimate of drug-likeness (QED) is 0.158. The van der Waals surface area contributed by atoms with Crippen molar-refractivity contribution in [2.75, 3.05) is 0 Å². The number of aromatic nitrogens is 3. The van der Waals surface area contributed by atoms with E-state index in [0.717, 1.165) is 40.3 Å². The number of para-hydroxylation sites is 4. The number of fused-ring (bicyclic) bond motifs is 6. The number of hydrogen-bond acceptors (Lipinski definition) is 1. The van der Waals surface area contributed by atoms with E-state index in [4.69, 9.17) is 4.98 Å². The molecule has 11 aromatic rings. The van der Waals surface area contributed by atoms with Crippen molar-refractivity contribution in [2.45, 2.75) is 12.3 Å². The van der Waals surface area contributed by atoms with Crippen LogP contribution < -0.4 is 0 Å². The summed E-state index contributed by atoms with van der Waals surface area (Å²) in [5, 5.41) is 5.00. The van der Waals surface area contributed by atoms with E-state index < -0.39 is 0 Å². The van der Waals surface area contributed by atoms with Gasteiger partial charge in [-0.05, 0) is 88.8 Å². The molecule has 1 unspecified atom stereocenters. The molecule has 8 aromatic carbocycles. The molecule has 1 aliphatic rings. The third-order valence-corrected chi connectivity index (χ3v) is 12.6. The Bertz CT molecular complexity index is 3420. The van der Waals surface area contributed by atoms with Gasteiger partial charge in [-0.3, -0.25) is 4.98 Å². The predicted octanol–water partition coefficient (Wildman–Crippen LogP) is 15.4. The van der Waals surface area contributed by atoms with E-state index in [0.29, 0.717) is 0 Å². The maximum Gasteiger partial charge on any atom is 0.0711 e. The summed E-state index contributed by atoms with van der Waals surface area (Å²) in [6, 6.07) is 76.8. The molecular formula is C59H41N3. The molecule has 3 aromatic heterocycles. The number of nitrogens with zero attached hydrogens (tertiary/aromatic N) is 3. The van der Waals surface area contributed by atoms with Crippen molar-refractivity contribution in [1.82, 2.24) is 14.1 Å². The van der Waals surface area contributed by atoms with E-state index in [9.17, 15) is 0 Å². The van der Waals surface area contributed by atoms with Gasteiger partial charge in [0.2, 0.25) is 0 Å². The summed E-state index contributed by atoms with van der Waals surface area (Å²) < 4.78 is 4.88. The topological polar surface area (TPSA) is 22.8 Å². The lowest BCUT2D eigenvalue weighted by atomic mass is 9.87. The predicted molar refractivity (Wildman–Crippen MR) is 260 cm³/mol. The SMILES string of the molecule is C1=CC(c2cc(-n3c4ccccc4c4ccccc43)ccc2-n2c3ccccc3c3ccccc32)=CC(c2cc(-c3ccc(-c4ccccc4)cc3)cc(-c3ccccc3)n2)C1. The second kappa shape index (κ2) is 14.9. The highest BCUT2D eigenvalue weighted by Crippen LogP contribution is 2.41. The monoisotopic (exact) mass is 791 g/mol. The largest absolute Gasteiger partial charge is 0.309 e. The molecule has 0 fully saturated rings. The first-order valence-corrected chi connectivity index (χ1v) is 21.5. The fourth-order valence-corrected chi connectivity index (χ4v) is 9.69. The van der Waals surface area contributed by atoms with E-state index in [1.807, 2.05) is 0 Å². The standard InChI is InChI=1S/C59H41N3/c1-3-16-40(17-4-1)41-30-32-42(33-31-41)46-37-53(43-18-5-2-6-19-43)60-54(38-46)45-21-15-20-44(36-45)52-39-47(61-55-26-11-7-22-48(55)49-23-8-12-27-56(49)61)34-35-59(52)62-57-28-13-9-24-50(57)51-25-10-14-29-58(51)62/h1-20,22-39,45H,21H2. The molecular weight excluding hydrogens is 751 g/mol. The molecule has 0 amide bonds. The number of hydrogen-bond donors (Lipinski definition) is 0. The van der Waals surface area contributed by atoms with Crippen LogP contribution in [0.4, 0.5) is 0 Å². The summed E-state index contributed by atoms with van der Waals surface area (Å²) in [6.45, 7) is 0. The van der Waals surface area contributed by atoms with Gasteiger partial charge in [0.15, 0.2) is 0 Å². The molecule has 62 heavy (non-hydrogen) atoms. The van der Waals surface area contributed by atoms with Gasteiger partial charge in [0, 0.05) is 50.0 Å². The van der Waals surface area contributed by atoms with Crippen LogP contribution in [0, 0.1) is 0 Å². The molecule has 1 aliphatic carbocycles. The number of allylic oxidation sites excluding steroid dienone is 4. The van der Waals surface area contributed by atoms with Gasteiger partial charge in [-0.1, -0.05) is 176 Å². The van der Waals surface area contributed by atoms with E-state index in [1.54, 1.807) is 0 Å². The molecule has 1 atom stereocenters. The Kier molecular flexibility index (Phi) is 8.64. The van der Waals surface area contributed by atoms with Crippen molar-refractivity contribution in [3.63, 3.8) is 0 Å². The molecule has 0 saturated carbocycles. The van der Waals surface area contributed by atoms with Crippen molar-refractivity contribution in [3.05, 3.63) is 242 Å². The maximum atomic E-state index is 5.44. The van der Waals surface area contributed by atoms with Crippen molar-refractivity contribution >= 4 is 49.2 Å². The molecule has 3 heteroatoms. The van der Waals surface area contributed by atoms with Crippen molar-refractivity contribution < 1.29 is 0 Å². The van der Waals surface area contributed by atoms with Gasteiger partial charge in [0.25, 0.3) is 0 Å². The lowest BCUT2D eigenvalue weighted by Gasteiger charge is -2.22. The molecule has 12 rings (SSSR count). The second-order valence-electron chi connectivity index (χ2n) is 16.3. The van der Waals surface area contributed by atoms with Gasteiger partial charge < -0.3 is 9.13 Å².